The third-order valence-corrected chi connectivity index (χ3v) is 7.42. The van der Waals surface area contributed by atoms with Crippen molar-refractivity contribution < 1.29 is 23.1 Å². The van der Waals surface area contributed by atoms with Gasteiger partial charge < -0.3 is 10.4 Å². The minimum absolute atomic E-state index is 0.0666. The second-order valence-corrected chi connectivity index (χ2v) is 9.07. The lowest BCUT2D eigenvalue weighted by Gasteiger charge is -2.38. The molecular formula is C18H24N2O5S. The Hall–Kier alpha value is -1.93. The minimum atomic E-state index is -3.68. The SMILES string of the molecule is CC1CCCCN1S(=O)(=O)c1cccc(C(=O)NC2(C(=O)O)CCC2)c1. The molecule has 26 heavy (non-hydrogen) atoms. The molecule has 0 spiro atoms. The molecule has 0 aromatic heterocycles. The summed E-state index contributed by atoms with van der Waals surface area (Å²) in [5, 5.41) is 11.9. The lowest BCUT2D eigenvalue weighted by molar-refractivity contribution is -0.148. The van der Waals surface area contributed by atoms with E-state index in [1.54, 1.807) is 0 Å². The molecule has 1 amide bonds. The van der Waals surface area contributed by atoms with Crippen LogP contribution in [0.25, 0.3) is 0 Å². The number of piperidine rings is 1. The number of benzene rings is 1. The molecule has 7 nitrogen and oxygen atoms in total. The van der Waals surface area contributed by atoms with Gasteiger partial charge in [0.1, 0.15) is 5.54 Å². The van der Waals surface area contributed by atoms with E-state index in [1.807, 2.05) is 6.92 Å². The van der Waals surface area contributed by atoms with Crippen LogP contribution in [-0.4, -0.2) is 47.8 Å². The third-order valence-electron chi connectivity index (χ3n) is 5.41. The Balaban J connectivity index is 1.84. The van der Waals surface area contributed by atoms with E-state index in [-0.39, 0.29) is 16.5 Å². The molecule has 1 heterocycles. The van der Waals surface area contributed by atoms with Crippen LogP contribution < -0.4 is 5.32 Å². The van der Waals surface area contributed by atoms with Gasteiger partial charge in [0.05, 0.1) is 4.90 Å². The van der Waals surface area contributed by atoms with Crippen LogP contribution in [0.5, 0.6) is 0 Å². The Bertz CT molecular complexity index is 817. The number of sulfonamides is 1. The van der Waals surface area contributed by atoms with Crippen LogP contribution in [0, 0.1) is 0 Å². The van der Waals surface area contributed by atoms with Crippen molar-refractivity contribution >= 4 is 21.9 Å². The van der Waals surface area contributed by atoms with Crippen LogP contribution in [0.15, 0.2) is 29.2 Å². The number of aliphatic carboxylic acids is 1. The first kappa shape index (κ1) is 18.8. The van der Waals surface area contributed by atoms with Crippen molar-refractivity contribution in [3.63, 3.8) is 0 Å². The van der Waals surface area contributed by atoms with Crippen LogP contribution in [0.4, 0.5) is 0 Å². The summed E-state index contributed by atoms with van der Waals surface area (Å²) in [6, 6.07) is 5.76. The number of hydrogen-bond acceptors (Lipinski definition) is 4. The van der Waals surface area contributed by atoms with E-state index in [1.165, 1.54) is 28.6 Å². The normalized spacial score (nSPS) is 23.0. The third kappa shape index (κ3) is 3.35. The number of nitrogens with zero attached hydrogens (tertiary/aromatic N) is 1. The minimum Gasteiger partial charge on any atom is -0.480 e. The predicted octanol–water partition coefficient (Wildman–Crippen LogP) is 1.99. The van der Waals surface area contributed by atoms with Crippen molar-refractivity contribution in [3.05, 3.63) is 29.8 Å². The van der Waals surface area contributed by atoms with Crippen molar-refractivity contribution in [2.45, 2.75) is 61.9 Å². The quantitative estimate of drug-likeness (QED) is 0.813. The first-order valence-electron chi connectivity index (χ1n) is 8.94. The van der Waals surface area contributed by atoms with Crippen LogP contribution in [0.1, 0.15) is 55.8 Å². The Kier molecular flexibility index (Phi) is 5.07. The summed E-state index contributed by atoms with van der Waals surface area (Å²) < 4.78 is 27.4. The molecule has 1 atom stereocenters. The number of carboxylic acids is 1. The molecule has 2 fully saturated rings. The standard InChI is InChI=1S/C18H24N2O5S/c1-13-6-2-3-11-20(13)26(24,25)15-8-4-7-14(12-15)16(21)19-18(17(22)23)9-5-10-18/h4,7-8,12-13H,2-3,5-6,9-11H2,1H3,(H,19,21)(H,22,23). The second kappa shape index (κ2) is 7.00. The van der Waals surface area contributed by atoms with E-state index in [9.17, 15) is 23.1 Å². The molecule has 142 valence electrons. The molecule has 1 aromatic carbocycles. The number of rotatable bonds is 5. The summed E-state index contributed by atoms with van der Waals surface area (Å²) in [7, 11) is -3.68. The maximum Gasteiger partial charge on any atom is 0.329 e. The van der Waals surface area contributed by atoms with E-state index in [0.717, 1.165) is 25.7 Å². The van der Waals surface area contributed by atoms with Crippen LogP contribution in [0.3, 0.4) is 0 Å². The zero-order chi connectivity index (χ0) is 18.9. The van der Waals surface area contributed by atoms with Crippen LogP contribution in [0.2, 0.25) is 0 Å². The molecule has 1 saturated heterocycles. The fourth-order valence-corrected chi connectivity index (χ4v) is 5.32. The number of nitrogens with one attached hydrogen (secondary N) is 1. The van der Waals surface area contributed by atoms with Gasteiger partial charge in [-0.3, -0.25) is 4.79 Å². The van der Waals surface area contributed by atoms with Gasteiger partial charge in [0.2, 0.25) is 10.0 Å². The first-order chi connectivity index (χ1) is 12.3. The van der Waals surface area contributed by atoms with Gasteiger partial charge >= 0.3 is 5.97 Å². The van der Waals surface area contributed by atoms with Gasteiger partial charge in [-0.25, -0.2) is 13.2 Å². The van der Waals surface area contributed by atoms with Crippen molar-refractivity contribution in [1.29, 1.82) is 0 Å². The number of amides is 1. The predicted molar refractivity (Wildman–Crippen MR) is 95.3 cm³/mol. The van der Waals surface area contributed by atoms with E-state index >= 15 is 0 Å². The molecule has 1 aromatic rings. The molecule has 1 aliphatic heterocycles. The topological polar surface area (TPSA) is 104 Å². The molecule has 1 unspecified atom stereocenters. The van der Waals surface area contributed by atoms with Crippen molar-refractivity contribution in [1.82, 2.24) is 9.62 Å². The average Bonchev–Trinajstić information content (AvgIpc) is 2.58. The smallest absolute Gasteiger partial charge is 0.329 e. The highest BCUT2D eigenvalue weighted by Crippen LogP contribution is 2.32. The van der Waals surface area contributed by atoms with Gasteiger partial charge in [0.15, 0.2) is 0 Å². The van der Waals surface area contributed by atoms with Gasteiger partial charge in [0.25, 0.3) is 5.91 Å². The molecule has 8 heteroatoms. The van der Waals surface area contributed by atoms with Crippen molar-refractivity contribution in [3.8, 4) is 0 Å². The summed E-state index contributed by atoms with van der Waals surface area (Å²) in [5.74, 6) is -1.61. The maximum absolute atomic E-state index is 12.9. The fraction of sp³-hybridized carbons (Fsp3) is 0.556. The summed E-state index contributed by atoms with van der Waals surface area (Å²) in [4.78, 5) is 24.0. The van der Waals surface area contributed by atoms with E-state index in [0.29, 0.717) is 19.4 Å². The van der Waals surface area contributed by atoms with Crippen LogP contribution >= 0.6 is 0 Å². The number of carbonyl (C=O) groups is 2. The largest absolute Gasteiger partial charge is 0.480 e. The molecule has 2 aliphatic rings. The van der Waals surface area contributed by atoms with Gasteiger partial charge in [-0.05, 0) is 57.2 Å². The Labute approximate surface area is 153 Å². The van der Waals surface area contributed by atoms with E-state index in [4.69, 9.17) is 0 Å². The number of carboxylic acid groups (broad SMARTS) is 1. The van der Waals surface area contributed by atoms with Crippen LogP contribution in [-0.2, 0) is 14.8 Å². The molecule has 1 aliphatic carbocycles. The molecule has 3 rings (SSSR count). The Morgan fingerprint density at radius 3 is 2.54 bits per heavy atom. The molecular weight excluding hydrogens is 356 g/mol. The average molecular weight is 380 g/mol. The Morgan fingerprint density at radius 2 is 1.96 bits per heavy atom. The summed E-state index contributed by atoms with van der Waals surface area (Å²) in [6.45, 7) is 2.36. The molecule has 1 saturated carbocycles. The lowest BCUT2D eigenvalue weighted by atomic mass is 9.76. The Morgan fingerprint density at radius 1 is 1.23 bits per heavy atom. The highest BCUT2D eigenvalue weighted by Gasteiger charge is 2.45. The van der Waals surface area contributed by atoms with Gasteiger partial charge in [-0.2, -0.15) is 4.31 Å². The zero-order valence-corrected chi connectivity index (χ0v) is 15.6. The highest BCUT2D eigenvalue weighted by atomic mass is 32.2. The summed E-state index contributed by atoms with van der Waals surface area (Å²) in [6.07, 6.45) is 4.17. The van der Waals surface area contributed by atoms with Crippen molar-refractivity contribution in [2.75, 3.05) is 6.54 Å². The number of carbonyl (C=O) groups excluding carboxylic acids is 1. The molecule has 0 radical (unpaired) electrons. The van der Waals surface area contributed by atoms with E-state index in [2.05, 4.69) is 5.32 Å². The summed E-state index contributed by atoms with van der Waals surface area (Å²) in [5.41, 5.74) is -1.07. The fourth-order valence-electron chi connectivity index (χ4n) is 3.57. The zero-order valence-electron chi connectivity index (χ0n) is 14.8. The maximum atomic E-state index is 12.9. The monoisotopic (exact) mass is 380 g/mol. The molecule has 0 bridgehead atoms. The van der Waals surface area contributed by atoms with Crippen molar-refractivity contribution in [2.24, 2.45) is 0 Å². The first-order valence-corrected chi connectivity index (χ1v) is 10.4. The van der Waals surface area contributed by atoms with Gasteiger partial charge in [0, 0.05) is 18.2 Å². The van der Waals surface area contributed by atoms with Gasteiger partial charge in [-0.1, -0.05) is 12.5 Å². The lowest BCUT2D eigenvalue weighted by Crippen LogP contribution is -2.59. The highest BCUT2D eigenvalue weighted by molar-refractivity contribution is 7.89. The summed E-state index contributed by atoms with van der Waals surface area (Å²) >= 11 is 0. The van der Waals surface area contributed by atoms with E-state index < -0.39 is 27.4 Å². The molecule has 2 N–H and O–H groups in total. The second-order valence-electron chi connectivity index (χ2n) is 7.18. The number of hydrogen-bond donors (Lipinski definition) is 2. The van der Waals surface area contributed by atoms with Gasteiger partial charge in [-0.15, -0.1) is 0 Å².